The molecular weight excluding hydrogens is 320 g/mol. The monoisotopic (exact) mass is 334 g/mol. The summed E-state index contributed by atoms with van der Waals surface area (Å²) in [6.45, 7) is 6.52. The average molecular weight is 336 g/mol. The SMILES string of the molecule is CC(C)CC(C)Oc1cc(Br)cc(Br)c1. The molecule has 1 rings (SSSR count). The van der Waals surface area contributed by atoms with Gasteiger partial charge in [0.05, 0.1) is 6.10 Å². The van der Waals surface area contributed by atoms with E-state index in [9.17, 15) is 0 Å². The highest BCUT2D eigenvalue weighted by atomic mass is 79.9. The van der Waals surface area contributed by atoms with Crippen molar-refractivity contribution in [2.75, 3.05) is 0 Å². The van der Waals surface area contributed by atoms with Crippen LogP contribution in [0.5, 0.6) is 5.75 Å². The van der Waals surface area contributed by atoms with E-state index in [0.29, 0.717) is 5.92 Å². The molecule has 1 aromatic carbocycles. The predicted molar refractivity (Wildman–Crippen MR) is 71.4 cm³/mol. The molecule has 0 saturated carbocycles. The lowest BCUT2D eigenvalue weighted by Crippen LogP contribution is -2.14. The molecule has 0 heterocycles. The van der Waals surface area contributed by atoms with Crippen molar-refractivity contribution in [1.82, 2.24) is 0 Å². The normalized spacial score (nSPS) is 12.9. The predicted octanol–water partition coefficient (Wildman–Crippen LogP) is 5.03. The molecule has 0 bridgehead atoms. The maximum Gasteiger partial charge on any atom is 0.121 e. The van der Waals surface area contributed by atoms with E-state index >= 15 is 0 Å². The van der Waals surface area contributed by atoms with E-state index in [0.717, 1.165) is 21.1 Å². The summed E-state index contributed by atoms with van der Waals surface area (Å²) in [5.41, 5.74) is 0. The van der Waals surface area contributed by atoms with Crippen LogP contribution in [0.2, 0.25) is 0 Å². The molecule has 84 valence electrons. The molecule has 1 unspecified atom stereocenters. The van der Waals surface area contributed by atoms with E-state index in [-0.39, 0.29) is 6.10 Å². The molecule has 1 atom stereocenters. The summed E-state index contributed by atoms with van der Waals surface area (Å²) in [5.74, 6) is 1.57. The number of halogens is 2. The first kappa shape index (κ1) is 13.0. The van der Waals surface area contributed by atoms with Crippen LogP contribution >= 0.6 is 31.9 Å². The first-order chi connectivity index (χ1) is 6.97. The summed E-state index contributed by atoms with van der Waals surface area (Å²) >= 11 is 6.89. The molecule has 0 saturated heterocycles. The molecule has 0 aliphatic heterocycles. The fourth-order valence-electron chi connectivity index (χ4n) is 1.54. The van der Waals surface area contributed by atoms with Crippen LogP contribution < -0.4 is 4.74 Å². The van der Waals surface area contributed by atoms with Gasteiger partial charge in [-0.2, -0.15) is 0 Å². The summed E-state index contributed by atoms with van der Waals surface area (Å²) in [4.78, 5) is 0. The standard InChI is InChI=1S/C12H16Br2O/c1-8(2)4-9(3)15-12-6-10(13)5-11(14)7-12/h5-9H,4H2,1-3H3. The first-order valence-electron chi connectivity index (χ1n) is 5.10. The Morgan fingerprint density at radius 1 is 1.07 bits per heavy atom. The van der Waals surface area contributed by atoms with Crippen LogP contribution in [0.1, 0.15) is 27.2 Å². The Bertz CT molecular complexity index is 303. The van der Waals surface area contributed by atoms with Gasteiger partial charge < -0.3 is 4.74 Å². The van der Waals surface area contributed by atoms with Crippen molar-refractivity contribution in [2.45, 2.75) is 33.3 Å². The zero-order valence-corrected chi connectivity index (χ0v) is 12.4. The van der Waals surface area contributed by atoms with Crippen LogP contribution in [0.15, 0.2) is 27.1 Å². The maximum absolute atomic E-state index is 5.83. The Morgan fingerprint density at radius 3 is 2.07 bits per heavy atom. The van der Waals surface area contributed by atoms with Crippen LogP contribution in [-0.2, 0) is 0 Å². The minimum atomic E-state index is 0.256. The van der Waals surface area contributed by atoms with Crippen LogP contribution in [0.3, 0.4) is 0 Å². The molecule has 0 amide bonds. The Balaban J connectivity index is 2.63. The zero-order chi connectivity index (χ0) is 11.4. The molecule has 1 aromatic rings. The van der Waals surface area contributed by atoms with Crippen molar-refractivity contribution in [3.63, 3.8) is 0 Å². The summed E-state index contributed by atoms with van der Waals surface area (Å²) in [7, 11) is 0. The first-order valence-corrected chi connectivity index (χ1v) is 6.68. The van der Waals surface area contributed by atoms with Gasteiger partial charge in [-0.3, -0.25) is 0 Å². The highest BCUT2D eigenvalue weighted by molar-refractivity contribution is 9.11. The average Bonchev–Trinajstić information content (AvgIpc) is 1.98. The maximum atomic E-state index is 5.83. The van der Waals surface area contributed by atoms with E-state index in [1.54, 1.807) is 0 Å². The number of benzene rings is 1. The van der Waals surface area contributed by atoms with Crippen molar-refractivity contribution in [2.24, 2.45) is 5.92 Å². The van der Waals surface area contributed by atoms with Gasteiger partial charge in [0, 0.05) is 8.95 Å². The molecule has 0 fully saturated rings. The van der Waals surface area contributed by atoms with Crippen molar-refractivity contribution in [3.8, 4) is 5.75 Å². The molecule has 1 nitrogen and oxygen atoms in total. The van der Waals surface area contributed by atoms with Crippen LogP contribution in [0, 0.1) is 5.92 Å². The zero-order valence-electron chi connectivity index (χ0n) is 9.26. The summed E-state index contributed by atoms with van der Waals surface area (Å²) in [6.07, 6.45) is 1.33. The molecule has 0 spiro atoms. The fourth-order valence-corrected chi connectivity index (χ4v) is 2.79. The van der Waals surface area contributed by atoms with Crippen LogP contribution in [0.25, 0.3) is 0 Å². The minimum Gasteiger partial charge on any atom is -0.491 e. The molecule has 0 aromatic heterocycles. The van der Waals surface area contributed by atoms with Gasteiger partial charge in [-0.1, -0.05) is 45.7 Å². The third-order valence-electron chi connectivity index (χ3n) is 1.98. The molecule has 0 radical (unpaired) electrons. The van der Waals surface area contributed by atoms with E-state index in [4.69, 9.17) is 4.74 Å². The van der Waals surface area contributed by atoms with Gasteiger partial charge in [-0.25, -0.2) is 0 Å². The lowest BCUT2D eigenvalue weighted by molar-refractivity contribution is 0.193. The van der Waals surface area contributed by atoms with E-state index in [1.165, 1.54) is 0 Å². The van der Waals surface area contributed by atoms with Gasteiger partial charge >= 0.3 is 0 Å². The Hall–Kier alpha value is -0.0200. The van der Waals surface area contributed by atoms with Gasteiger partial charge in [0.25, 0.3) is 0 Å². The lowest BCUT2D eigenvalue weighted by atomic mass is 10.1. The third kappa shape index (κ3) is 5.03. The highest BCUT2D eigenvalue weighted by Crippen LogP contribution is 2.26. The second-order valence-electron chi connectivity index (χ2n) is 4.16. The van der Waals surface area contributed by atoms with Crippen molar-refractivity contribution in [1.29, 1.82) is 0 Å². The molecule has 15 heavy (non-hydrogen) atoms. The smallest absolute Gasteiger partial charge is 0.121 e. The van der Waals surface area contributed by atoms with E-state index in [1.807, 2.05) is 18.2 Å². The molecule has 3 heteroatoms. The third-order valence-corrected chi connectivity index (χ3v) is 2.89. The molecule has 0 N–H and O–H groups in total. The summed E-state index contributed by atoms with van der Waals surface area (Å²) in [5, 5.41) is 0. The molecular formula is C12H16Br2O. The molecule has 0 aliphatic carbocycles. The highest BCUT2D eigenvalue weighted by Gasteiger charge is 2.07. The Kier molecular flexibility index (Phi) is 5.13. The van der Waals surface area contributed by atoms with E-state index < -0.39 is 0 Å². The largest absolute Gasteiger partial charge is 0.491 e. The van der Waals surface area contributed by atoms with Crippen LogP contribution in [0.4, 0.5) is 0 Å². The second-order valence-corrected chi connectivity index (χ2v) is 5.99. The fraction of sp³-hybridized carbons (Fsp3) is 0.500. The topological polar surface area (TPSA) is 9.23 Å². The number of hydrogen-bond acceptors (Lipinski definition) is 1. The quantitative estimate of drug-likeness (QED) is 0.750. The second kappa shape index (κ2) is 5.90. The van der Waals surface area contributed by atoms with Gasteiger partial charge in [0.15, 0.2) is 0 Å². The van der Waals surface area contributed by atoms with E-state index in [2.05, 4.69) is 52.6 Å². The van der Waals surface area contributed by atoms with Gasteiger partial charge in [-0.15, -0.1) is 0 Å². The number of hydrogen-bond donors (Lipinski definition) is 0. The Labute approximate surface area is 108 Å². The summed E-state index contributed by atoms with van der Waals surface area (Å²) < 4.78 is 7.89. The van der Waals surface area contributed by atoms with Crippen molar-refractivity contribution >= 4 is 31.9 Å². The van der Waals surface area contributed by atoms with Gasteiger partial charge in [0.2, 0.25) is 0 Å². The van der Waals surface area contributed by atoms with Crippen LogP contribution in [-0.4, -0.2) is 6.10 Å². The van der Waals surface area contributed by atoms with Gasteiger partial charge in [0.1, 0.15) is 5.75 Å². The van der Waals surface area contributed by atoms with Gasteiger partial charge in [-0.05, 0) is 37.5 Å². The number of ether oxygens (including phenoxy) is 1. The Morgan fingerprint density at radius 2 is 1.60 bits per heavy atom. The number of rotatable bonds is 4. The summed E-state index contributed by atoms with van der Waals surface area (Å²) in [6, 6.07) is 5.98. The van der Waals surface area contributed by atoms with Crippen molar-refractivity contribution < 1.29 is 4.74 Å². The lowest BCUT2D eigenvalue weighted by Gasteiger charge is -2.16. The molecule has 0 aliphatic rings. The van der Waals surface area contributed by atoms with Crippen molar-refractivity contribution in [3.05, 3.63) is 27.1 Å². The minimum absolute atomic E-state index is 0.256.